The fourth-order valence-electron chi connectivity index (χ4n) is 2.52. The number of rotatable bonds is 2. The zero-order valence-electron chi connectivity index (χ0n) is 12.5. The number of thioether (sulfide) groups is 1. The molecule has 0 aliphatic carbocycles. The van der Waals surface area contributed by atoms with Crippen LogP contribution in [0.1, 0.15) is 38.0 Å². The Morgan fingerprint density at radius 3 is 2.32 bits per heavy atom. The Morgan fingerprint density at radius 1 is 1.09 bits per heavy atom. The number of benzene rings is 2. The first-order chi connectivity index (χ1) is 10.4. The lowest BCUT2D eigenvalue weighted by Crippen LogP contribution is -2.01. The van der Waals surface area contributed by atoms with E-state index in [-0.39, 0.29) is 11.0 Å². The maximum atomic E-state index is 10.9. The molecule has 0 saturated heterocycles. The lowest BCUT2D eigenvalue weighted by atomic mass is 10.0. The van der Waals surface area contributed by atoms with Crippen molar-refractivity contribution in [2.24, 2.45) is 0 Å². The third-order valence-electron chi connectivity index (χ3n) is 4.04. The molecule has 3 rings (SSSR count). The van der Waals surface area contributed by atoms with E-state index in [4.69, 9.17) is 9.84 Å². The van der Waals surface area contributed by atoms with Gasteiger partial charge in [-0.1, -0.05) is 23.9 Å². The minimum atomic E-state index is -0.943. The molecule has 0 fully saturated rings. The summed E-state index contributed by atoms with van der Waals surface area (Å²) in [4.78, 5) is 11.9. The van der Waals surface area contributed by atoms with Gasteiger partial charge in [0.25, 0.3) is 0 Å². The summed E-state index contributed by atoms with van der Waals surface area (Å²) in [5.74, 6) is 0.182. The van der Waals surface area contributed by atoms with Crippen LogP contribution >= 0.6 is 11.8 Å². The number of aromatic carboxylic acids is 1. The predicted molar refractivity (Wildman–Crippen MR) is 84.9 cm³/mol. The zero-order valence-corrected chi connectivity index (χ0v) is 13.3. The second-order valence-electron chi connectivity index (χ2n) is 5.38. The number of carbonyl (C=O) groups is 1. The molecule has 0 amide bonds. The molecule has 1 atom stereocenters. The van der Waals surface area contributed by atoms with Crippen molar-refractivity contribution >= 4 is 17.7 Å². The number of phenolic OH excluding ortho intramolecular Hbond substituents is 1. The smallest absolute Gasteiger partial charge is 0.335 e. The second kappa shape index (κ2) is 5.25. The summed E-state index contributed by atoms with van der Waals surface area (Å²) in [7, 11) is 0. The summed E-state index contributed by atoms with van der Waals surface area (Å²) in [6.45, 7) is 5.69. The fraction of sp³-hybridized carbons (Fsp3) is 0.235. The quantitative estimate of drug-likeness (QED) is 0.869. The van der Waals surface area contributed by atoms with Gasteiger partial charge >= 0.3 is 5.97 Å². The average Bonchev–Trinajstić information content (AvgIpc) is 2.96. The van der Waals surface area contributed by atoms with Crippen molar-refractivity contribution in [3.05, 3.63) is 52.1 Å². The van der Waals surface area contributed by atoms with E-state index in [2.05, 4.69) is 0 Å². The van der Waals surface area contributed by atoms with Crippen molar-refractivity contribution in [3.8, 4) is 11.5 Å². The summed E-state index contributed by atoms with van der Waals surface area (Å²) < 4.78 is 6.05. The lowest BCUT2D eigenvalue weighted by Gasteiger charge is -2.13. The van der Waals surface area contributed by atoms with E-state index in [0.717, 1.165) is 32.9 Å². The third-order valence-corrected chi connectivity index (χ3v) is 5.35. The van der Waals surface area contributed by atoms with Gasteiger partial charge in [-0.25, -0.2) is 4.79 Å². The van der Waals surface area contributed by atoms with Gasteiger partial charge < -0.3 is 14.9 Å². The number of carboxylic acid groups (broad SMARTS) is 1. The molecule has 1 aliphatic heterocycles. The minimum absolute atomic E-state index is 0.226. The van der Waals surface area contributed by atoms with E-state index in [9.17, 15) is 9.90 Å². The summed E-state index contributed by atoms with van der Waals surface area (Å²) in [5.41, 5.74) is 3.53. The fourth-order valence-corrected chi connectivity index (χ4v) is 3.75. The van der Waals surface area contributed by atoms with Crippen LogP contribution in [0.5, 0.6) is 11.5 Å². The Balaban J connectivity index is 1.96. The van der Waals surface area contributed by atoms with Gasteiger partial charge in [0.05, 0.1) is 10.5 Å². The van der Waals surface area contributed by atoms with Crippen molar-refractivity contribution in [3.63, 3.8) is 0 Å². The number of ether oxygens (including phenoxy) is 1. The number of hydrogen-bond donors (Lipinski definition) is 2. The number of fused-ring (bicyclic) bond motifs is 1. The Bertz CT molecular complexity index is 728. The summed E-state index contributed by atoms with van der Waals surface area (Å²) in [5, 5.41) is 19.1. The summed E-state index contributed by atoms with van der Waals surface area (Å²) in [6.07, 6.45) is 0. The Labute approximate surface area is 132 Å². The molecule has 0 saturated carbocycles. The largest absolute Gasteiger partial charge is 0.507 e. The van der Waals surface area contributed by atoms with E-state index < -0.39 is 5.97 Å². The Hall–Kier alpha value is -2.14. The molecule has 114 valence electrons. The number of carboxylic acids is 1. The average molecular weight is 316 g/mol. The first kappa shape index (κ1) is 14.8. The number of hydrogen-bond acceptors (Lipinski definition) is 4. The highest BCUT2D eigenvalue weighted by atomic mass is 32.2. The number of aromatic hydroxyl groups is 1. The molecule has 1 aliphatic rings. The summed E-state index contributed by atoms with van der Waals surface area (Å²) >= 11 is 1.54. The van der Waals surface area contributed by atoms with Gasteiger partial charge in [-0.05, 0) is 44.0 Å². The van der Waals surface area contributed by atoms with Gasteiger partial charge in [-0.15, -0.1) is 0 Å². The highest BCUT2D eigenvalue weighted by Gasteiger charge is 2.31. The normalized spacial score (nSPS) is 16.2. The van der Waals surface area contributed by atoms with E-state index >= 15 is 0 Å². The van der Waals surface area contributed by atoms with Crippen molar-refractivity contribution < 1.29 is 19.7 Å². The van der Waals surface area contributed by atoms with Crippen LogP contribution in [0.25, 0.3) is 0 Å². The van der Waals surface area contributed by atoms with Gasteiger partial charge in [0, 0.05) is 11.1 Å². The molecule has 4 nitrogen and oxygen atoms in total. The Morgan fingerprint density at radius 2 is 1.73 bits per heavy atom. The molecule has 0 spiro atoms. The van der Waals surface area contributed by atoms with Crippen molar-refractivity contribution in [1.29, 1.82) is 0 Å². The highest BCUT2D eigenvalue weighted by molar-refractivity contribution is 7.99. The van der Waals surface area contributed by atoms with Crippen LogP contribution in [-0.2, 0) is 0 Å². The van der Waals surface area contributed by atoms with Crippen molar-refractivity contribution in [2.45, 2.75) is 31.1 Å². The van der Waals surface area contributed by atoms with Gasteiger partial charge in [0.2, 0.25) is 0 Å². The van der Waals surface area contributed by atoms with Crippen LogP contribution in [0.15, 0.2) is 29.2 Å². The maximum absolute atomic E-state index is 10.9. The standard InChI is InChI=1S/C17H16O4S/c1-8-9(2)14-15(10(3)13(8)18)22-17(21-14)12-6-4-11(5-7-12)16(19)20/h4-7,17-18H,1-3H3,(H,19,20). The van der Waals surface area contributed by atoms with Crippen LogP contribution in [-0.4, -0.2) is 16.2 Å². The van der Waals surface area contributed by atoms with Crippen molar-refractivity contribution in [1.82, 2.24) is 0 Å². The second-order valence-corrected chi connectivity index (χ2v) is 6.45. The molecule has 0 bridgehead atoms. The van der Waals surface area contributed by atoms with Crippen LogP contribution in [0.2, 0.25) is 0 Å². The zero-order chi connectivity index (χ0) is 16.0. The molecule has 2 aromatic rings. The molecule has 1 heterocycles. The van der Waals surface area contributed by atoms with Gasteiger partial charge in [0.15, 0.2) is 5.44 Å². The molecule has 2 aromatic carbocycles. The van der Waals surface area contributed by atoms with Gasteiger partial charge in [-0.3, -0.25) is 0 Å². The number of phenols is 1. The molecular formula is C17H16O4S. The van der Waals surface area contributed by atoms with E-state index in [1.807, 2.05) is 20.8 Å². The van der Waals surface area contributed by atoms with Gasteiger partial charge in [-0.2, -0.15) is 0 Å². The van der Waals surface area contributed by atoms with E-state index in [0.29, 0.717) is 5.75 Å². The van der Waals surface area contributed by atoms with Crippen molar-refractivity contribution in [2.75, 3.05) is 0 Å². The van der Waals surface area contributed by atoms with Crippen LogP contribution in [0.3, 0.4) is 0 Å². The molecule has 0 aromatic heterocycles. The lowest BCUT2D eigenvalue weighted by molar-refractivity contribution is 0.0697. The monoisotopic (exact) mass is 316 g/mol. The molecular weight excluding hydrogens is 300 g/mol. The summed E-state index contributed by atoms with van der Waals surface area (Å²) in [6, 6.07) is 6.69. The van der Waals surface area contributed by atoms with Crippen LogP contribution in [0.4, 0.5) is 0 Å². The third kappa shape index (κ3) is 2.22. The maximum Gasteiger partial charge on any atom is 0.335 e. The molecule has 5 heteroatoms. The minimum Gasteiger partial charge on any atom is -0.507 e. The van der Waals surface area contributed by atoms with E-state index in [1.54, 1.807) is 24.3 Å². The molecule has 22 heavy (non-hydrogen) atoms. The topological polar surface area (TPSA) is 66.8 Å². The predicted octanol–water partition coefficient (Wildman–Crippen LogP) is 4.20. The van der Waals surface area contributed by atoms with Crippen LogP contribution < -0.4 is 4.74 Å². The molecule has 1 unspecified atom stereocenters. The molecule has 2 N–H and O–H groups in total. The molecule has 0 radical (unpaired) electrons. The first-order valence-electron chi connectivity index (χ1n) is 6.89. The van der Waals surface area contributed by atoms with E-state index in [1.165, 1.54) is 11.8 Å². The highest BCUT2D eigenvalue weighted by Crippen LogP contribution is 2.54. The SMILES string of the molecule is Cc1c(C)c2c(c(C)c1O)SC(c1ccc(C(=O)O)cc1)O2. The Kier molecular flexibility index (Phi) is 3.53. The first-order valence-corrected chi connectivity index (χ1v) is 7.77. The van der Waals surface area contributed by atoms with Crippen LogP contribution in [0, 0.1) is 20.8 Å². The van der Waals surface area contributed by atoms with Gasteiger partial charge in [0.1, 0.15) is 11.5 Å².